The lowest BCUT2D eigenvalue weighted by molar-refractivity contribution is -0.129. The molecule has 0 aliphatic carbocycles. The molecule has 6 heteroatoms. The van der Waals surface area contributed by atoms with Gasteiger partial charge in [-0.3, -0.25) is 9.59 Å². The van der Waals surface area contributed by atoms with E-state index in [-0.39, 0.29) is 17.7 Å². The predicted molar refractivity (Wildman–Crippen MR) is 133 cm³/mol. The van der Waals surface area contributed by atoms with Crippen molar-refractivity contribution in [3.05, 3.63) is 90.3 Å². The maximum Gasteiger partial charge on any atom is 0.254 e. The summed E-state index contributed by atoms with van der Waals surface area (Å²) in [5.41, 5.74) is 4.62. The standard InChI is InChI=1S/C28H28N4O2/c1-20(33)31-13-14-32(19-22(18-31)15-21-16-24-11-12-29-27(24)30-17-21)28(34)26-10-6-5-9-25(26)23-7-3-2-4-8-23/h2-12,16-17,22H,13-15,18-19H2,1H3,(H,29,30). The molecule has 2 aromatic carbocycles. The van der Waals surface area contributed by atoms with E-state index in [2.05, 4.69) is 16.0 Å². The van der Waals surface area contributed by atoms with E-state index in [4.69, 9.17) is 0 Å². The van der Waals surface area contributed by atoms with Crippen LogP contribution in [0.2, 0.25) is 0 Å². The molecule has 2 amide bonds. The van der Waals surface area contributed by atoms with Crippen LogP contribution in [0.1, 0.15) is 22.8 Å². The van der Waals surface area contributed by atoms with E-state index in [0.29, 0.717) is 31.7 Å². The highest BCUT2D eigenvalue weighted by Crippen LogP contribution is 2.26. The molecule has 0 bridgehead atoms. The minimum atomic E-state index is 0.00840. The third kappa shape index (κ3) is 4.57. The van der Waals surface area contributed by atoms with Crippen molar-refractivity contribution in [2.75, 3.05) is 26.2 Å². The first-order valence-electron chi connectivity index (χ1n) is 11.7. The largest absolute Gasteiger partial charge is 0.346 e. The van der Waals surface area contributed by atoms with Gasteiger partial charge in [0, 0.05) is 56.4 Å². The number of carbonyl (C=O) groups excluding carboxylic acids is 2. The number of hydrogen-bond acceptors (Lipinski definition) is 3. The number of nitrogens with zero attached hydrogens (tertiary/aromatic N) is 3. The van der Waals surface area contributed by atoms with Gasteiger partial charge in [0.15, 0.2) is 0 Å². The zero-order chi connectivity index (χ0) is 23.5. The van der Waals surface area contributed by atoms with Crippen LogP contribution in [0.25, 0.3) is 22.2 Å². The van der Waals surface area contributed by atoms with Crippen LogP contribution in [-0.2, 0) is 11.2 Å². The molecule has 3 heterocycles. The number of aromatic amines is 1. The van der Waals surface area contributed by atoms with Crippen LogP contribution in [0, 0.1) is 5.92 Å². The quantitative estimate of drug-likeness (QED) is 0.499. The molecule has 0 radical (unpaired) electrons. The molecule has 1 unspecified atom stereocenters. The van der Waals surface area contributed by atoms with Gasteiger partial charge in [-0.1, -0.05) is 48.5 Å². The third-order valence-electron chi connectivity index (χ3n) is 6.55. The number of nitrogens with one attached hydrogen (secondary N) is 1. The van der Waals surface area contributed by atoms with Crippen molar-refractivity contribution < 1.29 is 9.59 Å². The maximum absolute atomic E-state index is 13.8. The molecule has 172 valence electrons. The van der Waals surface area contributed by atoms with E-state index in [9.17, 15) is 9.59 Å². The van der Waals surface area contributed by atoms with Crippen LogP contribution < -0.4 is 0 Å². The maximum atomic E-state index is 13.8. The van der Waals surface area contributed by atoms with Gasteiger partial charge in [-0.05, 0) is 47.2 Å². The van der Waals surface area contributed by atoms with E-state index in [0.717, 1.165) is 34.1 Å². The van der Waals surface area contributed by atoms with Crippen LogP contribution in [0.15, 0.2) is 79.1 Å². The van der Waals surface area contributed by atoms with Gasteiger partial charge in [-0.2, -0.15) is 0 Å². The first kappa shape index (κ1) is 21.9. The van der Waals surface area contributed by atoms with Crippen LogP contribution in [0.5, 0.6) is 0 Å². The molecule has 1 fully saturated rings. The van der Waals surface area contributed by atoms with Crippen LogP contribution in [0.3, 0.4) is 0 Å². The van der Waals surface area contributed by atoms with Crippen molar-refractivity contribution >= 4 is 22.8 Å². The number of carbonyl (C=O) groups is 2. The van der Waals surface area contributed by atoms with Crippen molar-refractivity contribution in [3.8, 4) is 11.1 Å². The Morgan fingerprint density at radius 3 is 2.53 bits per heavy atom. The Labute approximate surface area is 199 Å². The number of amides is 2. The second kappa shape index (κ2) is 9.51. The Bertz CT molecular complexity index is 1310. The fourth-order valence-electron chi connectivity index (χ4n) is 4.84. The van der Waals surface area contributed by atoms with Crippen LogP contribution in [0.4, 0.5) is 0 Å². The lowest BCUT2D eigenvalue weighted by Crippen LogP contribution is -2.37. The number of rotatable bonds is 4. The Morgan fingerprint density at radius 1 is 0.971 bits per heavy atom. The molecule has 2 aromatic heterocycles. The molecule has 34 heavy (non-hydrogen) atoms. The summed E-state index contributed by atoms with van der Waals surface area (Å²) >= 11 is 0. The van der Waals surface area contributed by atoms with Crippen LogP contribution >= 0.6 is 0 Å². The summed E-state index contributed by atoms with van der Waals surface area (Å²) in [6, 6.07) is 21.9. The second-order valence-electron chi connectivity index (χ2n) is 8.96. The Hall–Kier alpha value is -3.93. The summed E-state index contributed by atoms with van der Waals surface area (Å²) in [4.78, 5) is 37.5. The summed E-state index contributed by atoms with van der Waals surface area (Å²) in [5.74, 6) is 0.176. The molecule has 4 aromatic rings. The molecule has 0 spiro atoms. The average molecular weight is 453 g/mol. The van der Waals surface area contributed by atoms with Gasteiger partial charge in [0.05, 0.1) is 0 Å². The molecular formula is C28H28N4O2. The van der Waals surface area contributed by atoms with Gasteiger partial charge in [-0.25, -0.2) is 4.98 Å². The summed E-state index contributed by atoms with van der Waals surface area (Å²) in [5, 5.41) is 1.07. The summed E-state index contributed by atoms with van der Waals surface area (Å²) < 4.78 is 0. The molecule has 5 rings (SSSR count). The Morgan fingerprint density at radius 2 is 1.71 bits per heavy atom. The second-order valence-corrected chi connectivity index (χ2v) is 8.96. The SMILES string of the molecule is CC(=O)N1CCN(C(=O)c2ccccc2-c2ccccc2)CC(Cc2cnc3[nH]ccc3c2)C1. The number of aromatic nitrogens is 2. The third-order valence-corrected chi connectivity index (χ3v) is 6.55. The number of pyridine rings is 1. The highest BCUT2D eigenvalue weighted by molar-refractivity contribution is 6.01. The van der Waals surface area contributed by atoms with Gasteiger partial charge in [0.2, 0.25) is 5.91 Å². The first-order valence-corrected chi connectivity index (χ1v) is 11.7. The van der Waals surface area contributed by atoms with Crippen molar-refractivity contribution in [2.45, 2.75) is 13.3 Å². The van der Waals surface area contributed by atoms with Gasteiger partial charge in [0.1, 0.15) is 5.65 Å². The van der Waals surface area contributed by atoms with Gasteiger partial charge < -0.3 is 14.8 Å². The molecule has 0 saturated carbocycles. The lowest BCUT2D eigenvalue weighted by Gasteiger charge is -2.25. The fraction of sp³-hybridized carbons (Fsp3) is 0.250. The lowest BCUT2D eigenvalue weighted by atomic mass is 9.97. The summed E-state index contributed by atoms with van der Waals surface area (Å²) in [7, 11) is 0. The van der Waals surface area contributed by atoms with Crippen molar-refractivity contribution in [3.63, 3.8) is 0 Å². The normalized spacial score (nSPS) is 16.4. The molecule has 1 N–H and O–H groups in total. The summed E-state index contributed by atoms with van der Waals surface area (Å²) in [6.45, 7) is 3.89. The molecule has 1 aliphatic rings. The summed E-state index contributed by atoms with van der Waals surface area (Å²) in [6.07, 6.45) is 4.52. The van der Waals surface area contributed by atoms with E-state index in [1.165, 1.54) is 0 Å². The topological polar surface area (TPSA) is 69.3 Å². The smallest absolute Gasteiger partial charge is 0.254 e. The van der Waals surface area contributed by atoms with Gasteiger partial charge >= 0.3 is 0 Å². The predicted octanol–water partition coefficient (Wildman–Crippen LogP) is 4.39. The monoisotopic (exact) mass is 452 g/mol. The minimum Gasteiger partial charge on any atom is -0.346 e. The highest BCUT2D eigenvalue weighted by Gasteiger charge is 2.28. The number of fused-ring (bicyclic) bond motifs is 1. The first-order chi connectivity index (χ1) is 16.6. The molecule has 1 atom stereocenters. The minimum absolute atomic E-state index is 0.00840. The van der Waals surface area contributed by atoms with Gasteiger partial charge in [0.25, 0.3) is 5.91 Å². The van der Waals surface area contributed by atoms with E-state index >= 15 is 0 Å². The molecular weight excluding hydrogens is 424 g/mol. The Balaban J connectivity index is 1.42. The highest BCUT2D eigenvalue weighted by atomic mass is 16.2. The van der Waals surface area contributed by atoms with Crippen molar-refractivity contribution in [1.29, 1.82) is 0 Å². The number of benzene rings is 2. The zero-order valence-electron chi connectivity index (χ0n) is 19.3. The molecule has 1 aliphatic heterocycles. The van der Waals surface area contributed by atoms with Gasteiger partial charge in [-0.15, -0.1) is 0 Å². The van der Waals surface area contributed by atoms with E-state index in [1.54, 1.807) is 6.92 Å². The zero-order valence-corrected chi connectivity index (χ0v) is 19.3. The molecule has 1 saturated heterocycles. The van der Waals surface area contributed by atoms with E-state index < -0.39 is 0 Å². The number of hydrogen-bond donors (Lipinski definition) is 1. The van der Waals surface area contributed by atoms with Crippen molar-refractivity contribution in [2.24, 2.45) is 5.92 Å². The van der Waals surface area contributed by atoms with Crippen molar-refractivity contribution in [1.82, 2.24) is 19.8 Å². The van der Waals surface area contributed by atoms with E-state index in [1.807, 2.05) is 82.9 Å². The Kier molecular flexibility index (Phi) is 6.12. The van der Waals surface area contributed by atoms with Crippen LogP contribution in [-0.4, -0.2) is 57.8 Å². The average Bonchev–Trinajstić information content (AvgIpc) is 3.22. The fourth-order valence-corrected chi connectivity index (χ4v) is 4.84. The molecule has 6 nitrogen and oxygen atoms in total. The number of H-pyrrole nitrogens is 1.